The van der Waals surface area contributed by atoms with E-state index in [0.717, 1.165) is 18.4 Å². The predicted octanol–water partition coefficient (Wildman–Crippen LogP) is 2.39. The van der Waals surface area contributed by atoms with Crippen LogP contribution in [0.1, 0.15) is 5.56 Å². The SMILES string of the molecule is O=CC1COCCN1Cc1cc(Cl)ccc1Cl. The molecular formula is C12H13Cl2NO2. The van der Waals surface area contributed by atoms with E-state index in [-0.39, 0.29) is 6.04 Å². The molecule has 0 aliphatic carbocycles. The van der Waals surface area contributed by atoms with Crippen molar-refractivity contribution in [3.05, 3.63) is 33.8 Å². The number of nitrogens with zero attached hydrogens (tertiary/aromatic N) is 1. The van der Waals surface area contributed by atoms with E-state index in [1.54, 1.807) is 12.1 Å². The topological polar surface area (TPSA) is 29.5 Å². The fraction of sp³-hybridized carbons (Fsp3) is 0.417. The Bertz CT molecular complexity index is 411. The van der Waals surface area contributed by atoms with Gasteiger partial charge in [-0.1, -0.05) is 23.2 Å². The first kappa shape index (κ1) is 12.8. The number of rotatable bonds is 3. The Morgan fingerprint density at radius 1 is 1.47 bits per heavy atom. The van der Waals surface area contributed by atoms with Crippen LogP contribution in [0.15, 0.2) is 18.2 Å². The predicted molar refractivity (Wildman–Crippen MR) is 67.5 cm³/mol. The van der Waals surface area contributed by atoms with Gasteiger partial charge in [-0.3, -0.25) is 4.90 Å². The number of benzene rings is 1. The van der Waals surface area contributed by atoms with Crippen LogP contribution in [-0.2, 0) is 16.1 Å². The van der Waals surface area contributed by atoms with Crippen molar-refractivity contribution in [3.63, 3.8) is 0 Å². The maximum absolute atomic E-state index is 10.9. The summed E-state index contributed by atoms with van der Waals surface area (Å²) in [7, 11) is 0. The molecule has 2 rings (SSSR count). The van der Waals surface area contributed by atoms with Gasteiger partial charge in [0, 0.05) is 23.1 Å². The van der Waals surface area contributed by atoms with Crippen molar-refractivity contribution in [1.29, 1.82) is 0 Å². The van der Waals surface area contributed by atoms with E-state index in [4.69, 9.17) is 27.9 Å². The maximum Gasteiger partial charge on any atom is 0.139 e. The van der Waals surface area contributed by atoms with Crippen LogP contribution < -0.4 is 0 Å². The Morgan fingerprint density at radius 3 is 3.06 bits per heavy atom. The fourth-order valence-corrected chi connectivity index (χ4v) is 2.23. The smallest absolute Gasteiger partial charge is 0.139 e. The van der Waals surface area contributed by atoms with E-state index >= 15 is 0 Å². The van der Waals surface area contributed by atoms with Crippen molar-refractivity contribution in [2.24, 2.45) is 0 Å². The molecule has 0 spiro atoms. The third-order valence-corrected chi connectivity index (χ3v) is 3.42. The number of ether oxygens (including phenoxy) is 1. The average molecular weight is 274 g/mol. The molecule has 1 saturated heterocycles. The lowest BCUT2D eigenvalue weighted by molar-refractivity contribution is -0.118. The zero-order valence-corrected chi connectivity index (χ0v) is 10.7. The highest BCUT2D eigenvalue weighted by molar-refractivity contribution is 6.33. The summed E-state index contributed by atoms with van der Waals surface area (Å²) in [5.74, 6) is 0. The molecule has 1 heterocycles. The Labute approximate surface area is 110 Å². The lowest BCUT2D eigenvalue weighted by Gasteiger charge is -2.32. The molecule has 1 unspecified atom stereocenters. The zero-order chi connectivity index (χ0) is 12.3. The number of hydrogen-bond donors (Lipinski definition) is 0. The molecule has 0 saturated carbocycles. The largest absolute Gasteiger partial charge is 0.378 e. The standard InChI is InChI=1S/C12H13Cl2NO2/c13-10-1-2-12(14)9(5-10)6-15-3-4-17-8-11(15)7-16/h1-2,5,7,11H,3-4,6,8H2. The van der Waals surface area contributed by atoms with Gasteiger partial charge in [0.1, 0.15) is 6.29 Å². The molecular weight excluding hydrogens is 261 g/mol. The lowest BCUT2D eigenvalue weighted by Crippen LogP contribution is -2.45. The van der Waals surface area contributed by atoms with E-state index in [2.05, 4.69) is 0 Å². The Kier molecular flexibility index (Phi) is 4.40. The summed E-state index contributed by atoms with van der Waals surface area (Å²) in [5, 5.41) is 1.32. The normalized spacial score (nSPS) is 21.4. The van der Waals surface area contributed by atoms with Gasteiger partial charge in [-0.05, 0) is 23.8 Å². The second kappa shape index (κ2) is 5.83. The summed E-state index contributed by atoms with van der Waals surface area (Å²) >= 11 is 12.0. The van der Waals surface area contributed by atoms with Crippen LogP contribution in [0.2, 0.25) is 10.0 Å². The minimum Gasteiger partial charge on any atom is -0.378 e. The van der Waals surface area contributed by atoms with Crippen LogP contribution in [0.25, 0.3) is 0 Å². The van der Waals surface area contributed by atoms with Crippen molar-refractivity contribution in [2.75, 3.05) is 19.8 Å². The molecule has 5 heteroatoms. The van der Waals surface area contributed by atoms with Crippen LogP contribution in [0.3, 0.4) is 0 Å². The molecule has 0 aromatic heterocycles. The first-order valence-electron chi connectivity index (χ1n) is 5.41. The van der Waals surface area contributed by atoms with Gasteiger partial charge in [-0.15, -0.1) is 0 Å². The molecule has 92 valence electrons. The second-order valence-corrected chi connectivity index (χ2v) is 4.83. The summed E-state index contributed by atoms with van der Waals surface area (Å²) in [5.41, 5.74) is 0.938. The molecule has 0 amide bonds. The van der Waals surface area contributed by atoms with Gasteiger partial charge >= 0.3 is 0 Å². The summed E-state index contributed by atoms with van der Waals surface area (Å²) < 4.78 is 5.26. The number of morpholine rings is 1. The highest BCUT2D eigenvalue weighted by Crippen LogP contribution is 2.23. The van der Waals surface area contributed by atoms with Gasteiger partial charge in [-0.2, -0.15) is 0 Å². The van der Waals surface area contributed by atoms with Gasteiger partial charge in [-0.25, -0.2) is 0 Å². The third kappa shape index (κ3) is 3.19. The Morgan fingerprint density at radius 2 is 2.29 bits per heavy atom. The van der Waals surface area contributed by atoms with E-state index in [1.165, 1.54) is 0 Å². The van der Waals surface area contributed by atoms with Crippen molar-refractivity contribution < 1.29 is 9.53 Å². The molecule has 0 radical (unpaired) electrons. The number of hydrogen-bond acceptors (Lipinski definition) is 3. The highest BCUT2D eigenvalue weighted by Gasteiger charge is 2.22. The minimum absolute atomic E-state index is 0.196. The average Bonchev–Trinajstić information content (AvgIpc) is 2.34. The van der Waals surface area contributed by atoms with Crippen LogP contribution in [0, 0.1) is 0 Å². The molecule has 0 bridgehead atoms. The number of halogens is 2. The van der Waals surface area contributed by atoms with Crippen molar-refractivity contribution in [1.82, 2.24) is 4.90 Å². The van der Waals surface area contributed by atoms with Crippen LogP contribution in [-0.4, -0.2) is 37.0 Å². The molecule has 1 aliphatic heterocycles. The van der Waals surface area contributed by atoms with Crippen molar-refractivity contribution >= 4 is 29.5 Å². The summed E-state index contributed by atoms with van der Waals surface area (Å²) in [6.45, 7) is 2.43. The molecule has 1 atom stereocenters. The summed E-state index contributed by atoms with van der Waals surface area (Å²) in [4.78, 5) is 13.0. The molecule has 1 aliphatic rings. The lowest BCUT2D eigenvalue weighted by atomic mass is 10.1. The summed E-state index contributed by atoms with van der Waals surface area (Å²) in [6.07, 6.45) is 0.914. The van der Waals surface area contributed by atoms with Gasteiger partial charge < -0.3 is 9.53 Å². The van der Waals surface area contributed by atoms with Crippen molar-refractivity contribution in [3.8, 4) is 0 Å². The van der Waals surface area contributed by atoms with Crippen molar-refractivity contribution in [2.45, 2.75) is 12.6 Å². The third-order valence-electron chi connectivity index (χ3n) is 2.82. The van der Waals surface area contributed by atoms with Gasteiger partial charge in [0.05, 0.1) is 19.3 Å². The van der Waals surface area contributed by atoms with Crippen LogP contribution in [0.4, 0.5) is 0 Å². The fourth-order valence-electron chi connectivity index (χ4n) is 1.86. The van der Waals surface area contributed by atoms with Gasteiger partial charge in [0.25, 0.3) is 0 Å². The van der Waals surface area contributed by atoms with Crippen LogP contribution in [0.5, 0.6) is 0 Å². The maximum atomic E-state index is 10.9. The highest BCUT2D eigenvalue weighted by atomic mass is 35.5. The Balaban J connectivity index is 2.13. The first-order chi connectivity index (χ1) is 8.20. The van der Waals surface area contributed by atoms with E-state index in [1.807, 2.05) is 11.0 Å². The van der Waals surface area contributed by atoms with Crippen LogP contribution >= 0.6 is 23.2 Å². The quantitative estimate of drug-likeness (QED) is 0.793. The van der Waals surface area contributed by atoms with E-state index in [9.17, 15) is 4.79 Å². The second-order valence-electron chi connectivity index (χ2n) is 3.98. The van der Waals surface area contributed by atoms with E-state index < -0.39 is 0 Å². The minimum atomic E-state index is -0.196. The van der Waals surface area contributed by atoms with E-state index in [0.29, 0.717) is 29.8 Å². The molecule has 1 fully saturated rings. The Hall–Kier alpha value is -0.610. The molecule has 0 N–H and O–H groups in total. The number of carbonyl (C=O) groups is 1. The zero-order valence-electron chi connectivity index (χ0n) is 9.23. The molecule has 1 aromatic rings. The summed E-state index contributed by atoms with van der Waals surface area (Å²) in [6, 6.07) is 5.17. The molecule has 17 heavy (non-hydrogen) atoms. The van der Waals surface area contributed by atoms with Gasteiger partial charge in [0.15, 0.2) is 0 Å². The number of aldehydes is 1. The van der Waals surface area contributed by atoms with Gasteiger partial charge in [0.2, 0.25) is 0 Å². The molecule has 1 aromatic carbocycles. The monoisotopic (exact) mass is 273 g/mol. The molecule has 3 nitrogen and oxygen atoms in total. The first-order valence-corrected chi connectivity index (χ1v) is 6.17. The number of carbonyl (C=O) groups excluding carboxylic acids is 1.